The maximum absolute atomic E-state index is 12.9. The zero-order valence-electron chi connectivity index (χ0n) is 14.9. The molecule has 0 radical (unpaired) electrons. The van der Waals surface area contributed by atoms with Gasteiger partial charge in [0.1, 0.15) is 10.9 Å². The van der Waals surface area contributed by atoms with E-state index < -0.39 is 17.6 Å². The molecule has 0 saturated carbocycles. The molecule has 150 valence electrons. The van der Waals surface area contributed by atoms with Gasteiger partial charge in [-0.15, -0.1) is 0 Å². The van der Waals surface area contributed by atoms with Crippen molar-refractivity contribution in [2.45, 2.75) is 13.1 Å². The van der Waals surface area contributed by atoms with Crippen LogP contribution < -0.4 is 5.43 Å². The molecule has 3 rings (SSSR count). The lowest BCUT2D eigenvalue weighted by atomic mass is 10.2. The minimum atomic E-state index is -4.49. The Hall–Kier alpha value is -3.33. The number of phenolic OH excluding ortho intramolecular Hbond substituents is 1. The van der Waals surface area contributed by atoms with Crippen LogP contribution in [0.25, 0.3) is 5.69 Å². The number of amides is 1. The number of phenols is 1. The molecule has 0 aliphatic carbocycles. The average molecular weight is 423 g/mol. The van der Waals surface area contributed by atoms with E-state index in [1.165, 1.54) is 42.6 Å². The van der Waals surface area contributed by atoms with Gasteiger partial charge in [-0.3, -0.25) is 4.79 Å². The maximum atomic E-state index is 12.9. The lowest BCUT2D eigenvalue weighted by molar-refractivity contribution is -0.137. The Morgan fingerprint density at radius 1 is 1.24 bits per heavy atom. The lowest BCUT2D eigenvalue weighted by Gasteiger charge is -2.09. The van der Waals surface area contributed by atoms with Crippen LogP contribution in [0, 0.1) is 6.92 Å². The fourth-order valence-electron chi connectivity index (χ4n) is 2.48. The van der Waals surface area contributed by atoms with Crippen LogP contribution in [-0.2, 0) is 6.18 Å². The van der Waals surface area contributed by atoms with E-state index in [0.717, 1.165) is 16.8 Å². The summed E-state index contributed by atoms with van der Waals surface area (Å²) in [7, 11) is 0. The van der Waals surface area contributed by atoms with Crippen LogP contribution in [0.3, 0.4) is 0 Å². The van der Waals surface area contributed by atoms with Gasteiger partial charge in [0, 0.05) is 5.56 Å². The van der Waals surface area contributed by atoms with Crippen LogP contribution in [0.15, 0.2) is 53.6 Å². The van der Waals surface area contributed by atoms with E-state index in [-0.39, 0.29) is 22.2 Å². The molecular formula is C19H14ClF3N4O2. The topological polar surface area (TPSA) is 79.5 Å². The van der Waals surface area contributed by atoms with Gasteiger partial charge in [-0.2, -0.15) is 23.4 Å². The number of nitrogens with zero attached hydrogens (tertiary/aromatic N) is 3. The molecule has 1 amide bonds. The van der Waals surface area contributed by atoms with Crippen LogP contribution in [0.4, 0.5) is 13.2 Å². The van der Waals surface area contributed by atoms with E-state index >= 15 is 0 Å². The van der Waals surface area contributed by atoms with Crippen molar-refractivity contribution >= 4 is 23.7 Å². The normalized spacial score (nSPS) is 11.8. The third-order valence-corrected chi connectivity index (χ3v) is 4.32. The Morgan fingerprint density at radius 3 is 2.59 bits per heavy atom. The molecule has 3 aromatic rings. The summed E-state index contributed by atoms with van der Waals surface area (Å²) in [5.41, 5.74) is 2.65. The molecule has 1 aromatic heterocycles. The van der Waals surface area contributed by atoms with Gasteiger partial charge in [0.15, 0.2) is 0 Å². The van der Waals surface area contributed by atoms with Gasteiger partial charge in [0.05, 0.1) is 28.7 Å². The van der Waals surface area contributed by atoms with E-state index in [0.29, 0.717) is 11.3 Å². The van der Waals surface area contributed by atoms with Gasteiger partial charge in [-0.25, -0.2) is 10.1 Å². The number of carbonyl (C=O) groups is 1. The number of aromatic nitrogens is 2. The number of benzene rings is 2. The van der Waals surface area contributed by atoms with Crippen molar-refractivity contribution in [3.8, 4) is 11.4 Å². The average Bonchev–Trinajstić information content (AvgIpc) is 2.96. The third-order valence-electron chi connectivity index (χ3n) is 3.96. The van der Waals surface area contributed by atoms with Gasteiger partial charge < -0.3 is 5.11 Å². The number of hydrogen-bond donors (Lipinski definition) is 2. The van der Waals surface area contributed by atoms with E-state index in [2.05, 4.69) is 15.6 Å². The smallest absolute Gasteiger partial charge is 0.416 e. The summed E-state index contributed by atoms with van der Waals surface area (Å²) in [6.45, 7) is 1.61. The minimum Gasteiger partial charge on any atom is -0.508 e. The molecule has 2 aromatic carbocycles. The van der Waals surface area contributed by atoms with Crippen LogP contribution in [-0.4, -0.2) is 27.0 Å². The monoisotopic (exact) mass is 422 g/mol. The summed E-state index contributed by atoms with van der Waals surface area (Å²) in [6, 6.07) is 10.2. The lowest BCUT2D eigenvalue weighted by Crippen LogP contribution is -2.17. The van der Waals surface area contributed by atoms with Gasteiger partial charge in [0.25, 0.3) is 5.91 Å². The van der Waals surface area contributed by atoms with Gasteiger partial charge in [-0.1, -0.05) is 17.7 Å². The molecule has 29 heavy (non-hydrogen) atoms. The first-order chi connectivity index (χ1) is 13.7. The molecule has 0 bridgehead atoms. The van der Waals surface area contributed by atoms with Gasteiger partial charge >= 0.3 is 6.18 Å². The first-order valence-corrected chi connectivity index (χ1v) is 8.60. The number of alkyl halides is 3. The Morgan fingerprint density at radius 2 is 1.93 bits per heavy atom. The molecule has 0 atom stereocenters. The van der Waals surface area contributed by atoms with E-state index in [1.807, 2.05) is 0 Å². The molecule has 6 nitrogen and oxygen atoms in total. The largest absolute Gasteiger partial charge is 0.508 e. The first-order valence-electron chi connectivity index (χ1n) is 8.22. The highest BCUT2D eigenvalue weighted by Crippen LogP contribution is 2.31. The van der Waals surface area contributed by atoms with Gasteiger partial charge in [0.2, 0.25) is 0 Å². The van der Waals surface area contributed by atoms with Crippen molar-refractivity contribution in [1.82, 2.24) is 15.2 Å². The van der Waals surface area contributed by atoms with Crippen molar-refractivity contribution in [3.63, 3.8) is 0 Å². The molecule has 0 unspecified atom stereocenters. The Balaban J connectivity index is 1.82. The highest BCUT2D eigenvalue weighted by Gasteiger charge is 2.30. The fourth-order valence-corrected chi connectivity index (χ4v) is 2.80. The van der Waals surface area contributed by atoms with Crippen LogP contribution in [0.2, 0.25) is 5.15 Å². The van der Waals surface area contributed by atoms with Crippen LogP contribution in [0.5, 0.6) is 5.75 Å². The zero-order valence-corrected chi connectivity index (χ0v) is 15.7. The number of halogens is 4. The Labute approximate surface area is 168 Å². The second-order valence-corrected chi connectivity index (χ2v) is 6.35. The summed E-state index contributed by atoms with van der Waals surface area (Å²) in [4.78, 5) is 12.0. The van der Waals surface area contributed by atoms with Crippen molar-refractivity contribution in [1.29, 1.82) is 0 Å². The number of hydrogen-bond acceptors (Lipinski definition) is 4. The predicted molar refractivity (Wildman–Crippen MR) is 101 cm³/mol. The molecular weight excluding hydrogens is 409 g/mol. The zero-order chi connectivity index (χ0) is 21.2. The quantitative estimate of drug-likeness (QED) is 0.485. The third kappa shape index (κ3) is 4.57. The predicted octanol–water partition coefficient (Wildman–Crippen LogP) is 4.32. The molecule has 0 spiro atoms. The molecule has 10 heteroatoms. The highest BCUT2D eigenvalue weighted by atomic mass is 35.5. The summed E-state index contributed by atoms with van der Waals surface area (Å²) in [6.07, 6.45) is -3.24. The van der Waals surface area contributed by atoms with Crippen molar-refractivity contribution in [3.05, 3.63) is 76.1 Å². The minimum absolute atomic E-state index is 0.0227. The maximum Gasteiger partial charge on any atom is 0.416 e. The number of hydrazone groups is 1. The number of aryl methyl sites for hydroxylation is 1. The molecule has 0 fully saturated rings. The number of aromatic hydroxyl groups is 1. The summed E-state index contributed by atoms with van der Waals surface area (Å²) in [5.74, 6) is -0.491. The second kappa shape index (κ2) is 7.96. The number of carbonyl (C=O) groups excluding carboxylic acids is 1. The first kappa shape index (κ1) is 20.4. The highest BCUT2D eigenvalue weighted by molar-refractivity contribution is 6.32. The molecule has 2 N–H and O–H groups in total. The van der Waals surface area contributed by atoms with Crippen LogP contribution in [0.1, 0.15) is 27.2 Å². The van der Waals surface area contributed by atoms with Crippen molar-refractivity contribution < 1.29 is 23.1 Å². The van der Waals surface area contributed by atoms with E-state index in [1.54, 1.807) is 6.92 Å². The standard InChI is InChI=1S/C19H14ClF3N4O2/c1-11-16(10-24-25-18(29)12-5-7-15(28)8-6-12)17(20)27(26-11)14-4-2-3-13(9-14)19(21,22)23/h2-10,28H,1H3,(H,25,29). The molecule has 0 aliphatic rings. The number of rotatable bonds is 4. The summed E-state index contributed by atoms with van der Waals surface area (Å²) in [5, 5.41) is 17.3. The molecule has 0 aliphatic heterocycles. The number of nitrogens with one attached hydrogen (secondary N) is 1. The van der Waals surface area contributed by atoms with Crippen LogP contribution >= 0.6 is 11.6 Å². The van der Waals surface area contributed by atoms with E-state index in [4.69, 9.17) is 11.6 Å². The van der Waals surface area contributed by atoms with Crippen molar-refractivity contribution in [2.75, 3.05) is 0 Å². The van der Waals surface area contributed by atoms with E-state index in [9.17, 15) is 23.1 Å². The Kier molecular flexibility index (Phi) is 5.60. The summed E-state index contributed by atoms with van der Waals surface area (Å²) < 4.78 is 40.0. The molecule has 1 heterocycles. The molecule has 0 saturated heterocycles. The van der Waals surface area contributed by atoms with Crippen molar-refractivity contribution in [2.24, 2.45) is 5.10 Å². The van der Waals surface area contributed by atoms with Gasteiger partial charge in [-0.05, 0) is 49.4 Å². The Bertz CT molecular complexity index is 1080. The summed E-state index contributed by atoms with van der Waals surface area (Å²) >= 11 is 6.27. The second-order valence-electron chi connectivity index (χ2n) is 6.00. The SMILES string of the molecule is Cc1nn(-c2cccc(C(F)(F)F)c2)c(Cl)c1C=NNC(=O)c1ccc(O)cc1. The fraction of sp³-hybridized carbons (Fsp3) is 0.105.